The van der Waals surface area contributed by atoms with Crippen LogP contribution in [0.1, 0.15) is 10.5 Å². The van der Waals surface area contributed by atoms with E-state index in [4.69, 9.17) is 17.3 Å². The average molecular weight is 412 g/mol. The minimum absolute atomic E-state index is 0.284. The molecule has 2 rings (SSSR count). The maximum Gasteiger partial charge on any atom is 0.275 e. The molecular formula is C10H6Br2ClN3OS. The number of hydrogen-bond donors (Lipinski definition) is 2. The third-order valence-corrected chi connectivity index (χ3v) is 4.14. The van der Waals surface area contributed by atoms with Gasteiger partial charge >= 0.3 is 0 Å². The zero-order valence-corrected chi connectivity index (χ0v) is 13.5. The minimum Gasteiger partial charge on any atom is -0.375 e. The number of amides is 1. The molecule has 0 aliphatic heterocycles. The summed E-state index contributed by atoms with van der Waals surface area (Å²) in [6.07, 6.45) is 0. The maximum atomic E-state index is 11.9. The molecule has 8 heteroatoms. The van der Waals surface area contributed by atoms with Crippen LogP contribution in [0.4, 0.5) is 10.8 Å². The molecule has 0 unspecified atom stereocenters. The first-order valence-electron chi connectivity index (χ1n) is 4.64. The molecule has 1 heterocycles. The van der Waals surface area contributed by atoms with Crippen molar-refractivity contribution < 1.29 is 4.79 Å². The Balaban J connectivity index is 2.27. The standard InChI is InChI=1S/C10H6Br2ClN3OS/c11-5-1-4(13)2-6(12)8(5)16-9(17)7-3-18-10(14)15-7/h1-3H,(H2,14,15)(H,16,17). The molecule has 94 valence electrons. The normalized spacial score (nSPS) is 10.4. The number of aromatic nitrogens is 1. The summed E-state index contributed by atoms with van der Waals surface area (Å²) in [5.74, 6) is -0.327. The van der Waals surface area contributed by atoms with Gasteiger partial charge in [0, 0.05) is 19.3 Å². The van der Waals surface area contributed by atoms with Crippen molar-refractivity contribution >= 4 is 71.5 Å². The predicted octanol–water partition coefficient (Wildman–Crippen LogP) is 4.16. The number of halogens is 3. The number of thiazole rings is 1. The Morgan fingerprint density at radius 1 is 1.39 bits per heavy atom. The lowest BCUT2D eigenvalue weighted by Gasteiger charge is -2.09. The van der Waals surface area contributed by atoms with Gasteiger partial charge in [0.15, 0.2) is 5.13 Å². The van der Waals surface area contributed by atoms with Crippen molar-refractivity contribution in [2.45, 2.75) is 0 Å². The monoisotopic (exact) mass is 409 g/mol. The minimum atomic E-state index is -0.327. The van der Waals surface area contributed by atoms with Crippen molar-refractivity contribution in [3.8, 4) is 0 Å². The first-order valence-corrected chi connectivity index (χ1v) is 7.48. The second-order valence-electron chi connectivity index (χ2n) is 3.27. The lowest BCUT2D eigenvalue weighted by molar-refractivity contribution is 0.102. The van der Waals surface area contributed by atoms with Crippen LogP contribution in [0.3, 0.4) is 0 Å². The molecule has 0 fully saturated rings. The third-order valence-electron chi connectivity index (χ3n) is 2.00. The van der Waals surface area contributed by atoms with Crippen LogP contribution in [0.25, 0.3) is 0 Å². The lowest BCUT2D eigenvalue weighted by Crippen LogP contribution is -2.13. The Morgan fingerprint density at radius 3 is 2.50 bits per heavy atom. The van der Waals surface area contributed by atoms with E-state index in [9.17, 15) is 4.79 Å². The van der Waals surface area contributed by atoms with Gasteiger partial charge in [-0.15, -0.1) is 11.3 Å². The molecule has 1 amide bonds. The molecule has 18 heavy (non-hydrogen) atoms. The molecule has 0 saturated carbocycles. The van der Waals surface area contributed by atoms with Crippen LogP contribution >= 0.6 is 54.8 Å². The second kappa shape index (κ2) is 5.56. The van der Waals surface area contributed by atoms with Crippen molar-refractivity contribution in [2.24, 2.45) is 0 Å². The third kappa shape index (κ3) is 3.03. The van der Waals surface area contributed by atoms with E-state index in [1.54, 1.807) is 17.5 Å². The number of nitrogens with one attached hydrogen (secondary N) is 1. The van der Waals surface area contributed by atoms with Crippen molar-refractivity contribution in [3.05, 3.63) is 37.2 Å². The summed E-state index contributed by atoms with van der Waals surface area (Å²) in [6, 6.07) is 3.38. The molecule has 1 aromatic carbocycles. The summed E-state index contributed by atoms with van der Waals surface area (Å²) >= 11 is 13.8. The van der Waals surface area contributed by atoms with Crippen molar-refractivity contribution in [1.82, 2.24) is 4.98 Å². The second-order valence-corrected chi connectivity index (χ2v) is 6.30. The van der Waals surface area contributed by atoms with Gasteiger partial charge in [0.2, 0.25) is 0 Å². The molecule has 0 aliphatic carbocycles. The zero-order chi connectivity index (χ0) is 13.3. The van der Waals surface area contributed by atoms with Crippen LogP contribution in [0.2, 0.25) is 5.02 Å². The van der Waals surface area contributed by atoms with E-state index in [1.807, 2.05) is 0 Å². The van der Waals surface area contributed by atoms with E-state index in [0.29, 0.717) is 24.8 Å². The number of nitrogen functional groups attached to an aromatic ring is 1. The fourth-order valence-electron chi connectivity index (χ4n) is 1.23. The van der Waals surface area contributed by atoms with Gasteiger partial charge in [-0.2, -0.15) is 0 Å². The Labute approximate surface area is 129 Å². The SMILES string of the molecule is Nc1nc(C(=O)Nc2c(Br)cc(Cl)cc2Br)cs1. The van der Waals surface area contributed by atoms with Crippen LogP contribution < -0.4 is 11.1 Å². The van der Waals surface area contributed by atoms with Crippen LogP contribution in [0.15, 0.2) is 26.5 Å². The van der Waals surface area contributed by atoms with E-state index in [2.05, 4.69) is 42.2 Å². The van der Waals surface area contributed by atoms with Crippen LogP contribution in [0, 0.1) is 0 Å². The van der Waals surface area contributed by atoms with Crippen LogP contribution in [-0.4, -0.2) is 10.9 Å². The molecular weight excluding hydrogens is 405 g/mol. The number of carbonyl (C=O) groups is 1. The first kappa shape index (κ1) is 13.8. The van der Waals surface area contributed by atoms with Crippen LogP contribution in [-0.2, 0) is 0 Å². The van der Waals surface area contributed by atoms with Gasteiger partial charge in [-0.05, 0) is 44.0 Å². The lowest BCUT2D eigenvalue weighted by atomic mass is 10.3. The van der Waals surface area contributed by atoms with E-state index in [0.717, 1.165) is 0 Å². The van der Waals surface area contributed by atoms with E-state index in [1.165, 1.54) is 11.3 Å². The molecule has 0 radical (unpaired) electrons. The molecule has 2 aromatic rings. The van der Waals surface area contributed by atoms with Gasteiger partial charge in [0.25, 0.3) is 5.91 Å². The van der Waals surface area contributed by atoms with Gasteiger partial charge in [-0.1, -0.05) is 11.6 Å². The maximum absolute atomic E-state index is 11.9. The number of anilines is 2. The first-order chi connectivity index (χ1) is 8.47. The predicted molar refractivity (Wildman–Crippen MR) is 81.3 cm³/mol. The number of nitrogens with two attached hydrogens (primary N) is 1. The smallest absolute Gasteiger partial charge is 0.275 e. The van der Waals surface area contributed by atoms with Gasteiger partial charge in [-0.3, -0.25) is 4.79 Å². The zero-order valence-electron chi connectivity index (χ0n) is 8.71. The highest BCUT2D eigenvalue weighted by atomic mass is 79.9. The molecule has 0 spiro atoms. The highest BCUT2D eigenvalue weighted by molar-refractivity contribution is 9.11. The molecule has 4 nitrogen and oxygen atoms in total. The summed E-state index contributed by atoms with van der Waals surface area (Å²) in [4.78, 5) is 15.8. The number of benzene rings is 1. The van der Waals surface area contributed by atoms with E-state index in [-0.39, 0.29) is 11.6 Å². The van der Waals surface area contributed by atoms with E-state index >= 15 is 0 Å². The average Bonchev–Trinajstić information content (AvgIpc) is 2.70. The van der Waals surface area contributed by atoms with Gasteiger partial charge in [0.05, 0.1) is 5.69 Å². The molecule has 0 aliphatic rings. The number of rotatable bonds is 2. The molecule has 0 atom stereocenters. The van der Waals surface area contributed by atoms with Crippen LogP contribution in [0.5, 0.6) is 0 Å². The van der Waals surface area contributed by atoms with Gasteiger partial charge in [0.1, 0.15) is 5.69 Å². The summed E-state index contributed by atoms with van der Waals surface area (Å²) in [6.45, 7) is 0. The quantitative estimate of drug-likeness (QED) is 0.780. The Morgan fingerprint density at radius 2 is 2.00 bits per heavy atom. The van der Waals surface area contributed by atoms with Gasteiger partial charge < -0.3 is 11.1 Å². The summed E-state index contributed by atoms with van der Waals surface area (Å²) < 4.78 is 1.36. The van der Waals surface area contributed by atoms with E-state index < -0.39 is 0 Å². The summed E-state index contributed by atoms with van der Waals surface area (Å²) in [7, 11) is 0. The largest absolute Gasteiger partial charge is 0.375 e. The summed E-state index contributed by atoms with van der Waals surface area (Å²) in [5, 5.41) is 5.25. The Hall–Kier alpha value is -0.630. The number of nitrogens with zero attached hydrogens (tertiary/aromatic N) is 1. The molecule has 3 N–H and O–H groups in total. The molecule has 1 aromatic heterocycles. The topological polar surface area (TPSA) is 68.0 Å². The van der Waals surface area contributed by atoms with Crippen molar-refractivity contribution in [3.63, 3.8) is 0 Å². The molecule has 0 bridgehead atoms. The fourth-order valence-corrected chi connectivity index (χ4v) is 3.64. The highest BCUT2D eigenvalue weighted by Gasteiger charge is 2.14. The number of carbonyl (C=O) groups excluding carboxylic acids is 1. The number of hydrogen-bond acceptors (Lipinski definition) is 4. The highest BCUT2D eigenvalue weighted by Crippen LogP contribution is 2.34. The Bertz CT molecular complexity index is 594. The summed E-state index contributed by atoms with van der Waals surface area (Å²) in [5.41, 5.74) is 6.36. The Kier molecular flexibility index (Phi) is 4.26. The fraction of sp³-hybridized carbons (Fsp3) is 0. The van der Waals surface area contributed by atoms with Crippen molar-refractivity contribution in [1.29, 1.82) is 0 Å². The molecule has 0 saturated heterocycles. The van der Waals surface area contributed by atoms with Gasteiger partial charge in [-0.25, -0.2) is 4.98 Å². The van der Waals surface area contributed by atoms with Crippen molar-refractivity contribution in [2.75, 3.05) is 11.1 Å².